The molecule has 3 N–H and O–H groups in total. The number of carbonyl (C=O) groups is 2. The molecule has 0 saturated carbocycles. The zero-order chi connectivity index (χ0) is 19.9. The predicted molar refractivity (Wildman–Crippen MR) is 112 cm³/mol. The topological polar surface area (TPSA) is 73.5 Å². The normalized spacial score (nSPS) is 16.5. The van der Waals surface area contributed by atoms with Gasteiger partial charge < -0.3 is 20.9 Å². The molecule has 1 aliphatic heterocycles. The van der Waals surface area contributed by atoms with Gasteiger partial charge in [-0.2, -0.15) is 0 Å². The van der Waals surface area contributed by atoms with E-state index in [0.29, 0.717) is 23.7 Å². The molecule has 1 atom stereocenters. The van der Waals surface area contributed by atoms with Gasteiger partial charge in [0.2, 0.25) is 5.91 Å². The van der Waals surface area contributed by atoms with Crippen molar-refractivity contribution < 1.29 is 9.59 Å². The van der Waals surface area contributed by atoms with Crippen molar-refractivity contribution in [1.29, 1.82) is 0 Å². The van der Waals surface area contributed by atoms with Crippen LogP contribution in [0.3, 0.4) is 0 Å². The molecule has 0 bridgehead atoms. The standard InChI is InChI=1S/C21H25ClN4O2/c1-15-13-23-10-11-26(15)20(27)12-16-4-8-19(9-5-16)25-21(28)24-14-17-2-6-18(22)7-3-17/h2-9,15,23H,10-14H2,1H3,(H2,24,25,28)/t15-/m1/s1. The van der Waals surface area contributed by atoms with Gasteiger partial charge in [0.1, 0.15) is 0 Å². The number of amides is 3. The smallest absolute Gasteiger partial charge is 0.319 e. The Morgan fingerprint density at radius 2 is 1.79 bits per heavy atom. The lowest BCUT2D eigenvalue weighted by atomic mass is 10.1. The average molecular weight is 401 g/mol. The average Bonchev–Trinajstić information content (AvgIpc) is 2.69. The summed E-state index contributed by atoms with van der Waals surface area (Å²) in [6.07, 6.45) is 0.368. The second-order valence-corrected chi connectivity index (χ2v) is 7.38. The fourth-order valence-corrected chi connectivity index (χ4v) is 3.28. The Morgan fingerprint density at radius 3 is 2.46 bits per heavy atom. The summed E-state index contributed by atoms with van der Waals surface area (Å²) in [7, 11) is 0. The highest BCUT2D eigenvalue weighted by atomic mass is 35.5. The first-order valence-corrected chi connectivity index (χ1v) is 9.77. The van der Waals surface area contributed by atoms with Gasteiger partial charge >= 0.3 is 6.03 Å². The first-order valence-electron chi connectivity index (χ1n) is 9.39. The zero-order valence-corrected chi connectivity index (χ0v) is 16.6. The molecule has 1 heterocycles. The number of anilines is 1. The summed E-state index contributed by atoms with van der Waals surface area (Å²) in [5.74, 6) is 0.135. The third-order valence-electron chi connectivity index (χ3n) is 4.76. The fraction of sp³-hybridized carbons (Fsp3) is 0.333. The molecule has 6 nitrogen and oxygen atoms in total. The number of hydrogen-bond donors (Lipinski definition) is 3. The van der Waals surface area contributed by atoms with E-state index < -0.39 is 0 Å². The van der Waals surface area contributed by atoms with Crippen LogP contribution in [0, 0.1) is 0 Å². The summed E-state index contributed by atoms with van der Waals surface area (Å²) in [5.41, 5.74) is 2.58. The van der Waals surface area contributed by atoms with Crippen LogP contribution < -0.4 is 16.0 Å². The summed E-state index contributed by atoms with van der Waals surface area (Å²) < 4.78 is 0. The van der Waals surface area contributed by atoms with E-state index in [2.05, 4.69) is 22.9 Å². The summed E-state index contributed by atoms with van der Waals surface area (Å²) in [6, 6.07) is 14.6. The third-order valence-corrected chi connectivity index (χ3v) is 5.01. The lowest BCUT2D eigenvalue weighted by Gasteiger charge is -2.34. The quantitative estimate of drug-likeness (QED) is 0.722. The van der Waals surface area contributed by atoms with Crippen LogP contribution in [-0.2, 0) is 17.8 Å². The van der Waals surface area contributed by atoms with Crippen LogP contribution in [0.15, 0.2) is 48.5 Å². The summed E-state index contributed by atoms with van der Waals surface area (Å²) >= 11 is 5.85. The Bertz CT molecular complexity index is 808. The highest BCUT2D eigenvalue weighted by Gasteiger charge is 2.22. The van der Waals surface area contributed by atoms with Gasteiger partial charge in [-0.15, -0.1) is 0 Å². The second-order valence-electron chi connectivity index (χ2n) is 6.95. The van der Waals surface area contributed by atoms with Crippen LogP contribution in [0.25, 0.3) is 0 Å². The third kappa shape index (κ3) is 5.71. The van der Waals surface area contributed by atoms with Gasteiger partial charge in [0.05, 0.1) is 6.42 Å². The van der Waals surface area contributed by atoms with Crippen molar-refractivity contribution in [2.75, 3.05) is 25.0 Å². The summed E-state index contributed by atoms with van der Waals surface area (Å²) in [4.78, 5) is 26.5. The lowest BCUT2D eigenvalue weighted by Crippen LogP contribution is -2.52. The van der Waals surface area contributed by atoms with E-state index in [9.17, 15) is 9.59 Å². The van der Waals surface area contributed by atoms with E-state index in [1.807, 2.05) is 41.3 Å². The largest absolute Gasteiger partial charge is 0.337 e. The monoisotopic (exact) mass is 400 g/mol. The summed E-state index contributed by atoms with van der Waals surface area (Å²) in [5, 5.41) is 9.55. The minimum absolute atomic E-state index is 0.135. The number of rotatable bonds is 5. The van der Waals surface area contributed by atoms with Crippen molar-refractivity contribution >= 4 is 29.2 Å². The van der Waals surface area contributed by atoms with Gasteiger partial charge in [-0.05, 0) is 42.3 Å². The molecular formula is C21H25ClN4O2. The molecule has 0 spiro atoms. The number of nitrogens with zero attached hydrogens (tertiary/aromatic N) is 1. The van der Waals surface area contributed by atoms with E-state index in [0.717, 1.165) is 30.8 Å². The number of carbonyl (C=O) groups excluding carboxylic acids is 2. The van der Waals surface area contributed by atoms with Gasteiger partial charge in [-0.3, -0.25) is 4.79 Å². The maximum atomic E-state index is 12.5. The molecule has 1 aliphatic rings. The molecule has 0 radical (unpaired) electrons. The predicted octanol–water partition coefficient (Wildman–Crippen LogP) is 3.02. The molecule has 0 aromatic heterocycles. The first kappa shape index (κ1) is 20.2. The van der Waals surface area contributed by atoms with E-state index >= 15 is 0 Å². The Labute approximate surface area is 170 Å². The molecule has 2 aromatic rings. The van der Waals surface area contributed by atoms with Crippen molar-refractivity contribution in [2.24, 2.45) is 0 Å². The minimum atomic E-state index is -0.284. The molecule has 0 aliphatic carbocycles. The number of urea groups is 1. The van der Waals surface area contributed by atoms with Crippen molar-refractivity contribution in [3.63, 3.8) is 0 Å². The Morgan fingerprint density at radius 1 is 1.11 bits per heavy atom. The molecule has 28 heavy (non-hydrogen) atoms. The Balaban J connectivity index is 1.47. The van der Waals surface area contributed by atoms with E-state index in [1.165, 1.54) is 0 Å². The SMILES string of the molecule is C[C@@H]1CNCCN1C(=O)Cc1ccc(NC(=O)NCc2ccc(Cl)cc2)cc1. The molecule has 2 aromatic carbocycles. The molecule has 7 heteroatoms. The van der Waals surface area contributed by atoms with E-state index in [-0.39, 0.29) is 18.0 Å². The van der Waals surface area contributed by atoms with Crippen molar-refractivity contribution in [3.8, 4) is 0 Å². The molecule has 3 rings (SSSR count). The lowest BCUT2D eigenvalue weighted by molar-refractivity contribution is -0.133. The second kappa shape index (κ2) is 9.57. The van der Waals surface area contributed by atoms with Crippen molar-refractivity contribution in [2.45, 2.75) is 25.9 Å². The van der Waals surface area contributed by atoms with Crippen LogP contribution in [0.1, 0.15) is 18.1 Å². The number of hydrogen-bond acceptors (Lipinski definition) is 3. The van der Waals surface area contributed by atoms with Gasteiger partial charge in [-0.1, -0.05) is 35.9 Å². The van der Waals surface area contributed by atoms with Crippen molar-refractivity contribution in [3.05, 3.63) is 64.7 Å². The molecule has 148 valence electrons. The van der Waals surface area contributed by atoms with Crippen molar-refractivity contribution in [1.82, 2.24) is 15.5 Å². The molecule has 1 saturated heterocycles. The minimum Gasteiger partial charge on any atom is -0.337 e. The molecule has 3 amide bonds. The van der Waals surface area contributed by atoms with Crippen LogP contribution in [-0.4, -0.2) is 42.5 Å². The van der Waals surface area contributed by atoms with Gasteiger partial charge in [0.15, 0.2) is 0 Å². The fourth-order valence-electron chi connectivity index (χ4n) is 3.15. The maximum absolute atomic E-state index is 12.5. The van der Waals surface area contributed by atoms with E-state index in [4.69, 9.17) is 11.6 Å². The van der Waals surface area contributed by atoms with Crippen LogP contribution in [0.2, 0.25) is 5.02 Å². The Hall–Kier alpha value is -2.57. The van der Waals surface area contributed by atoms with E-state index in [1.54, 1.807) is 12.1 Å². The van der Waals surface area contributed by atoms with Gasteiger partial charge in [0.25, 0.3) is 0 Å². The zero-order valence-electron chi connectivity index (χ0n) is 15.9. The summed E-state index contributed by atoms with van der Waals surface area (Å²) in [6.45, 7) is 4.88. The highest BCUT2D eigenvalue weighted by molar-refractivity contribution is 6.30. The number of halogens is 1. The number of piperazine rings is 1. The Kier molecular flexibility index (Phi) is 6.90. The van der Waals surface area contributed by atoms with Crippen LogP contribution in [0.4, 0.5) is 10.5 Å². The van der Waals surface area contributed by atoms with Gasteiger partial charge in [-0.25, -0.2) is 4.79 Å². The molecule has 1 fully saturated rings. The molecular weight excluding hydrogens is 376 g/mol. The van der Waals surface area contributed by atoms with Gasteiger partial charge in [0, 0.05) is 42.9 Å². The number of nitrogens with one attached hydrogen (secondary N) is 3. The molecule has 0 unspecified atom stereocenters. The first-order chi connectivity index (χ1) is 13.5. The highest BCUT2D eigenvalue weighted by Crippen LogP contribution is 2.13. The van der Waals surface area contributed by atoms with Crippen LogP contribution in [0.5, 0.6) is 0 Å². The number of benzene rings is 2. The van der Waals surface area contributed by atoms with Crippen LogP contribution >= 0.6 is 11.6 Å². The maximum Gasteiger partial charge on any atom is 0.319 e.